The second-order valence-electron chi connectivity index (χ2n) is 5.51. The molecule has 3 rings (SSSR count). The van der Waals surface area contributed by atoms with Gasteiger partial charge in [0.15, 0.2) is 0 Å². The topological polar surface area (TPSA) is 78.8 Å². The molecule has 0 aliphatic rings. The van der Waals surface area contributed by atoms with Gasteiger partial charge in [-0.25, -0.2) is 14.6 Å². The largest absolute Gasteiger partial charge is 0.496 e. The lowest BCUT2D eigenvalue weighted by Gasteiger charge is -2.14. The zero-order valence-electron chi connectivity index (χ0n) is 13.9. The van der Waals surface area contributed by atoms with E-state index < -0.39 is 0 Å². The van der Waals surface area contributed by atoms with Crippen molar-refractivity contribution in [2.75, 3.05) is 12.8 Å². The summed E-state index contributed by atoms with van der Waals surface area (Å²) in [5, 5.41) is 4.24. The van der Waals surface area contributed by atoms with Crippen LogP contribution in [0.15, 0.2) is 43.2 Å². The van der Waals surface area contributed by atoms with E-state index in [1.54, 1.807) is 18.0 Å². The Labute approximate surface area is 140 Å². The van der Waals surface area contributed by atoms with Crippen LogP contribution in [0.2, 0.25) is 0 Å². The van der Waals surface area contributed by atoms with Crippen molar-refractivity contribution in [1.82, 2.24) is 19.7 Å². The molecule has 24 heavy (non-hydrogen) atoms. The van der Waals surface area contributed by atoms with Gasteiger partial charge in [0.1, 0.15) is 17.3 Å². The summed E-state index contributed by atoms with van der Waals surface area (Å²) in [7, 11) is 1.63. The predicted octanol–water partition coefficient (Wildman–Crippen LogP) is 3.26. The number of benzene rings is 1. The molecule has 0 aliphatic carbocycles. The lowest BCUT2D eigenvalue weighted by atomic mass is 10.1. The predicted molar refractivity (Wildman–Crippen MR) is 95.0 cm³/mol. The normalized spacial score (nSPS) is 10.6. The Kier molecular flexibility index (Phi) is 4.04. The molecule has 6 heteroatoms. The number of aryl methyl sites for hydroxylation is 1. The fourth-order valence-corrected chi connectivity index (χ4v) is 2.55. The lowest BCUT2D eigenvalue weighted by Crippen LogP contribution is -2.05. The maximum absolute atomic E-state index is 5.95. The first kappa shape index (κ1) is 15.7. The third kappa shape index (κ3) is 2.74. The van der Waals surface area contributed by atoms with Crippen LogP contribution in [0.5, 0.6) is 5.75 Å². The number of rotatable bonds is 4. The number of nitrogen functional groups attached to an aromatic ring is 1. The van der Waals surface area contributed by atoms with E-state index in [2.05, 4.69) is 21.6 Å². The van der Waals surface area contributed by atoms with E-state index in [0.717, 1.165) is 28.2 Å². The molecule has 122 valence electrons. The van der Waals surface area contributed by atoms with Gasteiger partial charge in [0, 0.05) is 24.0 Å². The Morgan fingerprint density at radius 1 is 1.29 bits per heavy atom. The van der Waals surface area contributed by atoms with Crippen LogP contribution >= 0.6 is 0 Å². The van der Waals surface area contributed by atoms with Gasteiger partial charge in [-0.15, -0.1) is 0 Å². The summed E-state index contributed by atoms with van der Waals surface area (Å²) in [6, 6.07) is 7.70. The third-order valence-electron chi connectivity index (χ3n) is 3.71. The molecule has 0 unspecified atom stereocenters. The zero-order chi connectivity index (χ0) is 17.3. The first-order chi connectivity index (χ1) is 11.5. The van der Waals surface area contributed by atoms with Gasteiger partial charge < -0.3 is 10.5 Å². The van der Waals surface area contributed by atoms with E-state index in [9.17, 15) is 0 Å². The van der Waals surface area contributed by atoms with E-state index in [-0.39, 0.29) is 0 Å². The maximum Gasteiger partial charge on any atom is 0.149 e. The summed E-state index contributed by atoms with van der Waals surface area (Å²) in [5.41, 5.74) is 10.5. The molecule has 2 heterocycles. The number of hydrogen-bond acceptors (Lipinski definition) is 5. The summed E-state index contributed by atoms with van der Waals surface area (Å²) in [5.74, 6) is 1.08. The molecule has 1 aromatic carbocycles. The van der Waals surface area contributed by atoms with Crippen molar-refractivity contribution >= 4 is 11.4 Å². The number of nitrogens with zero attached hydrogens (tertiary/aromatic N) is 4. The molecule has 0 fully saturated rings. The van der Waals surface area contributed by atoms with Gasteiger partial charge in [0.25, 0.3) is 0 Å². The second-order valence-corrected chi connectivity index (χ2v) is 5.51. The first-order valence-corrected chi connectivity index (χ1v) is 7.49. The van der Waals surface area contributed by atoms with E-state index in [0.29, 0.717) is 17.3 Å². The molecular weight excluding hydrogens is 302 g/mol. The smallest absolute Gasteiger partial charge is 0.149 e. The van der Waals surface area contributed by atoms with Gasteiger partial charge in [-0.3, -0.25) is 0 Å². The highest BCUT2D eigenvalue weighted by Gasteiger charge is 2.16. The number of methoxy groups -OCH3 is 1. The Bertz CT molecular complexity index is 900. The Morgan fingerprint density at radius 2 is 2.08 bits per heavy atom. The molecular formula is C18H19N5O. The molecule has 0 saturated heterocycles. The highest BCUT2D eigenvalue weighted by Crippen LogP contribution is 2.33. The molecule has 0 spiro atoms. The standard InChI is InChI=1S/C18H19N5O/c1-11(2)16-18(19)21-12(3)17(22-16)14-7-6-13(10-15(14)24-4)23-9-5-8-20-23/h5-10H,1H2,2-4H3,(H2,19,21). The summed E-state index contributed by atoms with van der Waals surface area (Å²) < 4.78 is 7.33. The Morgan fingerprint density at radius 3 is 2.71 bits per heavy atom. The number of nitrogens with two attached hydrogens (primary N) is 1. The molecule has 0 radical (unpaired) electrons. The van der Waals surface area contributed by atoms with Gasteiger partial charge >= 0.3 is 0 Å². The fraction of sp³-hybridized carbons (Fsp3) is 0.167. The number of ether oxygens (including phenoxy) is 1. The SMILES string of the molecule is C=C(C)c1nc(-c2ccc(-n3cccn3)cc2OC)c(C)nc1N. The van der Waals surface area contributed by atoms with Crippen molar-refractivity contribution in [2.45, 2.75) is 13.8 Å². The Hall–Kier alpha value is -3.15. The van der Waals surface area contributed by atoms with Crippen LogP contribution in [0.4, 0.5) is 5.82 Å². The molecule has 6 nitrogen and oxygen atoms in total. The van der Waals surface area contributed by atoms with Crippen LogP contribution in [0.1, 0.15) is 18.3 Å². The van der Waals surface area contributed by atoms with Crippen LogP contribution in [-0.2, 0) is 0 Å². The van der Waals surface area contributed by atoms with Crippen molar-refractivity contribution in [2.24, 2.45) is 0 Å². The van der Waals surface area contributed by atoms with E-state index in [1.807, 2.05) is 44.3 Å². The van der Waals surface area contributed by atoms with E-state index in [4.69, 9.17) is 10.5 Å². The monoisotopic (exact) mass is 321 g/mol. The lowest BCUT2D eigenvalue weighted by molar-refractivity contribution is 0.416. The maximum atomic E-state index is 5.95. The minimum atomic E-state index is 0.385. The van der Waals surface area contributed by atoms with Crippen molar-refractivity contribution < 1.29 is 4.74 Å². The van der Waals surface area contributed by atoms with Gasteiger partial charge in [0.2, 0.25) is 0 Å². The summed E-state index contributed by atoms with van der Waals surface area (Å²) in [4.78, 5) is 9.05. The Balaban J connectivity index is 2.16. The molecule has 0 amide bonds. The number of anilines is 1. The summed E-state index contributed by atoms with van der Waals surface area (Å²) in [6.07, 6.45) is 3.61. The van der Waals surface area contributed by atoms with Gasteiger partial charge in [-0.2, -0.15) is 5.10 Å². The van der Waals surface area contributed by atoms with Crippen LogP contribution in [-0.4, -0.2) is 26.9 Å². The number of hydrogen-bond donors (Lipinski definition) is 1. The average Bonchev–Trinajstić information content (AvgIpc) is 3.08. The molecule has 0 aliphatic heterocycles. The van der Waals surface area contributed by atoms with Crippen molar-refractivity contribution in [3.63, 3.8) is 0 Å². The van der Waals surface area contributed by atoms with Crippen LogP contribution < -0.4 is 10.5 Å². The van der Waals surface area contributed by atoms with Crippen LogP contribution in [0.3, 0.4) is 0 Å². The van der Waals surface area contributed by atoms with Gasteiger partial charge in [0.05, 0.1) is 24.2 Å². The van der Waals surface area contributed by atoms with E-state index in [1.165, 1.54) is 0 Å². The number of allylic oxidation sites excluding steroid dienone is 1. The summed E-state index contributed by atoms with van der Waals surface area (Å²) in [6.45, 7) is 7.65. The van der Waals surface area contributed by atoms with Crippen molar-refractivity contribution in [1.29, 1.82) is 0 Å². The molecule has 2 N–H and O–H groups in total. The highest BCUT2D eigenvalue weighted by molar-refractivity contribution is 5.75. The van der Waals surface area contributed by atoms with E-state index >= 15 is 0 Å². The second kappa shape index (κ2) is 6.16. The van der Waals surface area contributed by atoms with Gasteiger partial charge in [-0.05, 0) is 37.6 Å². The molecule has 0 atom stereocenters. The highest BCUT2D eigenvalue weighted by atomic mass is 16.5. The molecule has 3 aromatic rings. The third-order valence-corrected chi connectivity index (χ3v) is 3.71. The van der Waals surface area contributed by atoms with Crippen LogP contribution in [0.25, 0.3) is 22.5 Å². The zero-order valence-corrected chi connectivity index (χ0v) is 13.9. The fourth-order valence-electron chi connectivity index (χ4n) is 2.55. The first-order valence-electron chi connectivity index (χ1n) is 7.49. The van der Waals surface area contributed by atoms with Gasteiger partial charge in [-0.1, -0.05) is 6.58 Å². The van der Waals surface area contributed by atoms with Crippen molar-refractivity contribution in [3.8, 4) is 22.7 Å². The molecule has 0 saturated carbocycles. The molecule has 0 bridgehead atoms. The minimum Gasteiger partial charge on any atom is -0.496 e. The van der Waals surface area contributed by atoms with Crippen molar-refractivity contribution in [3.05, 3.63) is 54.6 Å². The number of aromatic nitrogens is 4. The quantitative estimate of drug-likeness (QED) is 0.798. The summed E-state index contributed by atoms with van der Waals surface area (Å²) >= 11 is 0. The van der Waals surface area contributed by atoms with Crippen LogP contribution in [0, 0.1) is 6.92 Å². The minimum absolute atomic E-state index is 0.385. The molecule has 2 aromatic heterocycles. The average molecular weight is 321 g/mol.